The number of hydrogen-bond donors (Lipinski definition) is 1. The fraction of sp³-hybridized carbons (Fsp3) is 0.300. The summed E-state index contributed by atoms with van der Waals surface area (Å²) in [5.41, 5.74) is 1.03. The van der Waals surface area contributed by atoms with E-state index in [9.17, 15) is 4.79 Å². The van der Waals surface area contributed by atoms with Gasteiger partial charge in [-0.1, -0.05) is 6.92 Å². The van der Waals surface area contributed by atoms with Crippen LogP contribution >= 0.6 is 0 Å². The minimum atomic E-state index is -0.487. The number of H-pyrrole nitrogens is 1. The highest BCUT2D eigenvalue weighted by Gasteiger charge is 2.13. The number of nitriles is 2. The van der Waals surface area contributed by atoms with E-state index < -0.39 is 5.56 Å². The summed E-state index contributed by atoms with van der Waals surface area (Å²) < 4.78 is 0. The van der Waals surface area contributed by atoms with Gasteiger partial charge in [-0.25, -0.2) is 0 Å². The van der Waals surface area contributed by atoms with Crippen LogP contribution in [0.25, 0.3) is 0 Å². The second kappa shape index (κ2) is 3.76. The van der Waals surface area contributed by atoms with E-state index in [0.29, 0.717) is 12.1 Å². The molecule has 0 atom stereocenters. The molecule has 0 bridgehead atoms. The molecule has 0 aliphatic rings. The molecule has 1 aromatic heterocycles. The van der Waals surface area contributed by atoms with Crippen LogP contribution in [-0.2, 0) is 6.42 Å². The molecule has 0 spiro atoms. The fourth-order valence-corrected chi connectivity index (χ4v) is 1.43. The van der Waals surface area contributed by atoms with Gasteiger partial charge < -0.3 is 4.98 Å². The van der Waals surface area contributed by atoms with Crippen molar-refractivity contribution >= 4 is 0 Å². The smallest absolute Gasteiger partial charge is 0.267 e. The second-order valence-electron chi connectivity index (χ2n) is 2.88. The maximum absolute atomic E-state index is 11.3. The Bertz CT molecular complexity index is 500. The maximum atomic E-state index is 11.3. The van der Waals surface area contributed by atoms with Crippen LogP contribution in [0, 0.1) is 29.6 Å². The standard InChI is InChI=1S/C10H9N3O/c1-3-7-6(2)13-10(14)9(5-12)8(7)4-11/h3H2,1-2H3,(H,13,14). The van der Waals surface area contributed by atoms with E-state index in [2.05, 4.69) is 4.98 Å². The average Bonchev–Trinajstić information content (AvgIpc) is 2.16. The Labute approximate surface area is 81.4 Å². The third-order valence-corrected chi connectivity index (χ3v) is 2.11. The molecule has 0 saturated heterocycles. The zero-order valence-corrected chi connectivity index (χ0v) is 8.01. The zero-order valence-electron chi connectivity index (χ0n) is 8.01. The largest absolute Gasteiger partial charge is 0.325 e. The highest BCUT2D eigenvalue weighted by atomic mass is 16.1. The Morgan fingerprint density at radius 3 is 2.29 bits per heavy atom. The van der Waals surface area contributed by atoms with Gasteiger partial charge in [0.15, 0.2) is 0 Å². The molecule has 70 valence electrons. The summed E-state index contributed by atoms with van der Waals surface area (Å²) in [4.78, 5) is 13.8. The molecule has 1 heterocycles. The summed E-state index contributed by atoms with van der Waals surface area (Å²) in [6.45, 7) is 3.60. The van der Waals surface area contributed by atoms with Gasteiger partial charge in [0.05, 0.1) is 5.56 Å². The molecule has 0 saturated carbocycles. The van der Waals surface area contributed by atoms with Gasteiger partial charge in [-0.3, -0.25) is 4.79 Å². The minimum absolute atomic E-state index is 0.0880. The van der Waals surface area contributed by atoms with Crippen molar-refractivity contribution in [1.82, 2.24) is 4.98 Å². The summed E-state index contributed by atoms with van der Waals surface area (Å²) in [6, 6.07) is 3.66. The summed E-state index contributed by atoms with van der Waals surface area (Å²) in [5.74, 6) is 0. The van der Waals surface area contributed by atoms with Crippen LogP contribution in [0.4, 0.5) is 0 Å². The second-order valence-corrected chi connectivity index (χ2v) is 2.88. The van der Waals surface area contributed by atoms with Gasteiger partial charge >= 0.3 is 0 Å². The van der Waals surface area contributed by atoms with Crippen LogP contribution in [0.2, 0.25) is 0 Å². The number of nitrogens with one attached hydrogen (secondary N) is 1. The first-order valence-electron chi connectivity index (χ1n) is 4.21. The Kier molecular flexibility index (Phi) is 2.69. The van der Waals surface area contributed by atoms with Gasteiger partial charge in [0, 0.05) is 5.69 Å². The highest BCUT2D eigenvalue weighted by Crippen LogP contribution is 2.12. The van der Waals surface area contributed by atoms with Gasteiger partial charge in [-0.05, 0) is 18.9 Å². The van der Waals surface area contributed by atoms with E-state index >= 15 is 0 Å². The molecule has 1 aromatic rings. The average molecular weight is 187 g/mol. The van der Waals surface area contributed by atoms with E-state index in [4.69, 9.17) is 10.5 Å². The molecule has 0 unspecified atom stereocenters. The van der Waals surface area contributed by atoms with Crippen molar-refractivity contribution in [2.45, 2.75) is 20.3 Å². The lowest BCUT2D eigenvalue weighted by Crippen LogP contribution is -2.16. The Hall–Kier alpha value is -2.07. The van der Waals surface area contributed by atoms with Crippen molar-refractivity contribution in [1.29, 1.82) is 10.5 Å². The van der Waals surface area contributed by atoms with Gasteiger partial charge in [0.25, 0.3) is 5.56 Å². The summed E-state index contributed by atoms with van der Waals surface area (Å²) in [5, 5.41) is 17.6. The predicted molar refractivity (Wildman–Crippen MR) is 50.6 cm³/mol. The van der Waals surface area contributed by atoms with Crippen LogP contribution in [0.3, 0.4) is 0 Å². The molecule has 4 nitrogen and oxygen atoms in total. The van der Waals surface area contributed by atoms with Gasteiger partial charge in [-0.2, -0.15) is 10.5 Å². The molecule has 0 amide bonds. The monoisotopic (exact) mass is 187 g/mol. The van der Waals surface area contributed by atoms with Gasteiger partial charge in [-0.15, -0.1) is 0 Å². The molecule has 0 aliphatic carbocycles. The van der Waals surface area contributed by atoms with Gasteiger partial charge in [0.1, 0.15) is 17.7 Å². The molecule has 0 aliphatic heterocycles. The van der Waals surface area contributed by atoms with Crippen LogP contribution in [0.1, 0.15) is 29.3 Å². The molecule has 0 radical (unpaired) electrons. The minimum Gasteiger partial charge on any atom is -0.325 e. The number of pyridine rings is 1. The molecular formula is C10H9N3O. The van der Waals surface area contributed by atoms with Crippen LogP contribution < -0.4 is 5.56 Å². The number of aryl methyl sites for hydroxylation is 1. The first kappa shape index (κ1) is 10.0. The van der Waals surface area contributed by atoms with E-state index in [0.717, 1.165) is 5.56 Å². The quantitative estimate of drug-likeness (QED) is 0.711. The van der Waals surface area contributed by atoms with Crippen molar-refractivity contribution in [3.63, 3.8) is 0 Å². The van der Waals surface area contributed by atoms with E-state index in [-0.39, 0.29) is 11.1 Å². The first-order chi connectivity index (χ1) is 6.65. The number of hydrogen-bond acceptors (Lipinski definition) is 3. The normalized spacial score (nSPS) is 9.14. The van der Waals surface area contributed by atoms with Gasteiger partial charge in [0.2, 0.25) is 0 Å². The first-order valence-corrected chi connectivity index (χ1v) is 4.21. The molecule has 1 rings (SSSR count). The van der Waals surface area contributed by atoms with Crippen LogP contribution in [0.5, 0.6) is 0 Å². The van der Waals surface area contributed by atoms with Crippen LogP contribution in [-0.4, -0.2) is 4.98 Å². The molecule has 14 heavy (non-hydrogen) atoms. The van der Waals surface area contributed by atoms with Crippen molar-refractivity contribution in [3.8, 4) is 12.1 Å². The lowest BCUT2D eigenvalue weighted by Gasteiger charge is -2.05. The summed E-state index contributed by atoms with van der Waals surface area (Å²) >= 11 is 0. The van der Waals surface area contributed by atoms with Crippen molar-refractivity contribution in [2.24, 2.45) is 0 Å². The number of rotatable bonds is 1. The van der Waals surface area contributed by atoms with Crippen LogP contribution in [0.15, 0.2) is 4.79 Å². The maximum Gasteiger partial charge on any atom is 0.267 e. The van der Waals surface area contributed by atoms with E-state index in [1.807, 2.05) is 13.0 Å². The topological polar surface area (TPSA) is 80.4 Å². The van der Waals surface area contributed by atoms with Crippen molar-refractivity contribution < 1.29 is 0 Å². The highest BCUT2D eigenvalue weighted by molar-refractivity contribution is 5.50. The SMILES string of the molecule is CCc1c(C)[nH]c(=O)c(C#N)c1C#N. The predicted octanol–water partition coefficient (Wildman–Crippen LogP) is 0.989. The molecule has 1 N–H and O–H groups in total. The number of nitrogens with zero attached hydrogens (tertiary/aromatic N) is 2. The number of aromatic nitrogens is 1. The zero-order chi connectivity index (χ0) is 10.7. The third-order valence-electron chi connectivity index (χ3n) is 2.11. The Morgan fingerprint density at radius 1 is 1.29 bits per heavy atom. The third kappa shape index (κ3) is 1.38. The lowest BCUT2D eigenvalue weighted by atomic mass is 10.0. The fourth-order valence-electron chi connectivity index (χ4n) is 1.43. The lowest BCUT2D eigenvalue weighted by molar-refractivity contribution is 1.01. The van der Waals surface area contributed by atoms with Crippen molar-refractivity contribution in [2.75, 3.05) is 0 Å². The molecular weight excluding hydrogens is 178 g/mol. The summed E-state index contributed by atoms with van der Waals surface area (Å²) in [6.07, 6.45) is 0.625. The Morgan fingerprint density at radius 2 is 1.86 bits per heavy atom. The number of aromatic amines is 1. The molecule has 0 aromatic carbocycles. The van der Waals surface area contributed by atoms with E-state index in [1.54, 1.807) is 13.0 Å². The van der Waals surface area contributed by atoms with E-state index in [1.165, 1.54) is 0 Å². The molecule has 4 heteroatoms. The summed E-state index contributed by atoms with van der Waals surface area (Å²) in [7, 11) is 0. The Balaban J connectivity index is 3.74. The molecule has 0 fully saturated rings. The van der Waals surface area contributed by atoms with Crippen molar-refractivity contribution in [3.05, 3.63) is 32.7 Å².